The number of hydrogen-bond acceptors (Lipinski definition) is 6. The molecule has 2 heterocycles. The predicted octanol–water partition coefficient (Wildman–Crippen LogP) is 3.50. The van der Waals surface area contributed by atoms with Gasteiger partial charge in [-0.05, 0) is 49.3 Å². The molecule has 4 rings (SSSR count). The zero-order chi connectivity index (χ0) is 21.6. The summed E-state index contributed by atoms with van der Waals surface area (Å²) in [5.74, 6) is 1.40. The van der Waals surface area contributed by atoms with Crippen LogP contribution >= 0.6 is 0 Å². The third kappa shape index (κ3) is 6.02. The SMILES string of the molecule is CCCN(CC1CC1)c1cc(C(=O)Nc2ccc(CN3CCOCC3)cc2C)ncn1. The standard InChI is InChI=1S/C24H33N5O2/c1-3-8-29(16-19-4-5-19)23-14-22(25-17-26-23)24(30)27-21-7-6-20(13-18(21)2)15-28-9-11-31-12-10-28/h6-7,13-14,17,19H,3-5,8-12,15-16H2,1-2H3,(H,27,30). The summed E-state index contributed by atoms with van der Waals surface area (Å²) in [6.07, 6.45) is 5.13. The van der Waals surface area contributed by atoms with E-state index >= 15 is 0 Å². The van der Waals surface area contributed by atoms with Gasteiger partial charge in [-0.2, -0.15) is 0 Å². The Morgan fingerprint density at radius 1 is 1.23 bits per heavy atom. The van der Waals surface area contributed by atoms with Crippen LogP contribution in [0, 0.1) is 12.8 Å². The third-order valence-corrected chi connectivity index (χ3v) is 5.93. The van der Waals surface area contributed by atoms with Crippen LogP contribution in [0.5, 0.6) is 0 Å². The van der Waals surface area contributed by atoms with E-state index < -0.39 is 0 Å². The van der Waals surface area contributed by atoms with Crippen LogP contribution in [0.2, 0.25) is 0 Å². The zero-order valence-corrected chi connectivity index (χ0v) is 18.6. The summed E-state index contributed by atoms with van der Waals surface area (Å²) in [6.45, 7) is 10.6. The number of anilines is 2. The minimum absolute atomic E-state index is 0.199. The molecule has 1 aromatic carbocycles. The van der Waals surface area contributed by atoms with Gasteiger partial charge in [0, 0.05) is 44.5 Å². The summed E-state index contributed by atoms with van der Waals surface area (Å²) in [5, 5.41) is 3.03. The molecule has 0 radical (unpaired) electrons. The smallest absolute Gasteiger partial charge is 0.274 e. The van der Waals surface area contributed by atoms with Gasteiger partial charge in [0.1, 0.15) is 17.8 Å². The van der Waals surface area contributed by atoms with Gasteiger partial charge in [-0.1, -0.05) is 19.1 Å². The Labute approximate surface area is 184 Å². The molecule has 0 unspecified atom stereocenters. The highest BCUT2D eigenvalue weighted by molar-refractivity contribution is 6.03. The Balaban J connectivity index is 1.41. The molecule has 0 bridgehead atoms. The number of ether oxygens (including phenoxy) is 1. The third-order valence-electron chi connectivity index (χ3n) is 5.93. The summed E-state index contributed by atoms with van der Waals surface area (Å²) in [7, 11) is 0. The second-order valence-electron chi connectivity index (χ2n) is 8.64. The first-order chi connectivity index (χ1) is 15.1. The van der Waals surface area contributed by atoms with Crippen LogP contribution in [0.3, 0.4) is 0 Å². The van der Waals surface area contributed by atoms with Crippen LogP contribution in [0.15, 0.2) is 30.6 Å². The van der Waals surface area contributed by atoms with Gasteiger partial charge in [-0.15, -0.1) is 0 Å². The number of morpholine rings is 1. The Morgan fingerprint density at radius 3 is 2.74 bits per heavy atom. The molecular weight excluding hydrogens is 390 g/mol. The second-order valence-corrected chi connectivity index (χ2v) is 8.64. The highest BCUT2D eigenvalue weighted by Gasteiger charge is 2.25. The predicted molar refractivity (Wildman–Crippen MR) is 122 cm³/mol. The molecule has 7 nitrogen and oxygen atoms in total. The van der Waals surface area contributed by atoms with E-state index in [2.05, 4.69) is 44.1 Å². The normalized spacial score (nSPS) is 16.8. The lowest BCUT2D eigenvalue weighted by molar-refractivity contribution is 0.0342. The average Bonchev–Trinajstić information content (AvgIpc) is 3.60. The number of rotatable bonds is 9. The van der Waals surface area contributed by atoms with Gasteiger partial charge >= 0.3 is 0 Å². The summed E-state index contributed by atoms with van der Waals surface area (Å²) in [4.78, 5) is 26.2. The van der Waals surface area contributed by atoms with Crippen LogP contribution in [0.1, 0.15) is 47.8 Å². The van der Waals surface area contributed by atoms with E-state index in [9.17, 15) is 4.79 Å². The maximum absolute atomic E-state index is 12.9. The van der Waals surface area contributed by atoms with E-state index in [1.165, 1.54) is 24.7 Å². The summed E-state index contributed by atoms with van der Waals surface area (Å²) in [5.41, 5.74) is 3.52. The van der Waals surface area contributed by atoms with Gasteiger partial charge in [-0.3, -0.25) is 9.69 Å². The fraction of sp³-hybridized carbons (Fsp3) is 0.542. The first kappa shape index (κ1) is 21.7. The van der Waals surface area contributed by atoms with E-state index in [-0.39, 0.29) is 5.91 Å². The quantitative estimate of drug-likeness (QED) is 0.666. The summed E-state index contributed by atoms with van der Waals surface area (Å²) in [6, 6.07) is 8.04. The number of amides is 1. The van der Waals surface area contributed by atoms with Gasteiger partial charge in [0.15, 0.2) is 0 Å². The lowest BCUT2D eigenvalue weighted by Gasteiger charge is -2.26. The lowest BCUT2D eigenvalue weighted by Crippen LogP contribution is -2.35. The van der Waals surface area contributed by atoms with Crippen molar-refractivity contribution in [2.45, 2.75) is 39.7 Å². The van der Waals surface area contributed by atoms with E-state index in [0.717, 1.165) is 75.3 Å². The van der Waals surface area contributed by atoms with Crippen molar-refractivity contribution in [3.05, 3.63) is 47.4 Å². The molecule has 166 valence electrons. The monoisotopic (exact) mass is 423 g/mol. The number of nitrogens with zero attached hydrogens (tertiary/aromatic N) is 4. The highest BCUT2D eigenvalue weighted by atomic mass is 16.5. The number of carbonyl (C=O) groups excluding carboxylic acids is 1. The molecule has 1 aliphatic heterocycles. The Bertz CT molecular complexity index is 893. The molecule has 1 saturated carbocycles. The Kier molecular flexibility index (Phi) is 7.14. The molecule has 2 aromatic rings. The van der Waals surface area contributed by atoms with Crippen molar-refractivity contribution in [2.24, 2.45) is 5.92 Å². The van der Waals surface area contributed by atoms with Gasteiger partial charge in [0.05, 0.1) is 13.2 Å². The molecule has 1 N–H and O–H groups in total. The molecule has 1 amide bonds. The van der Waals surface area contributed by atoms with Crippen molar-refractivity contribution >= 4 is 17.4 Å². The first-order valence-corrected chi connectivity index (χ1v) is 11.4. The number of benzene rings is 1. The molecule has 1 saturated heterocycles. The fourth-order valence-corrected chi connectivity index (χ4v) is 3.99. The number of carbonyl (C=O) groups is 1. The van der Waals surface area contributed by atoms with Crippen LogP contribution in [0.25, 0.3) is 0 Å². The van der Waals surface area contributed by atoms with Crippen LogP contribution in [-0.4, -0.2) is 60.2 Å². The van der Waals surface area contributed by atoms with E-state index in [1.807, 2.05) is 19.1 Å². The highest BCUT2D eigenvalue weighted by Crippen LogP contribution is 2.31. The van der Waals surface area contributed by atoms with Crippen molar-refractivity contribution in [3.63, 3.8) is 0 Å². The van der Waals surface area contributed by atoms with E-state index in [4.69, 9.17) is 4.74 Å². The topological polar surface area (TPSA) is 70.6 Å². The van der Waals surface area contributed by atoms with Crippen LogP contribution < -0.4 is 10.2 Å². The molecule has 0 atom stereocenters. The Morgan fingerprint density at radius 2 is 2.03 bits per heavy atom. The van der Waals surface area contributed by atoms with Gasteiger partial charge in [0.2, 0.25) is 0 Å². The van der Waals surface area contributed by atoms with Gasteiger partial charge in [-0.25, -0.2) is 9.97 Å². The average molecular weight is 424 g/mol. The van der Waals surface area contributed by atoms with Gasteiger partial charge in [0.25, 0.3) is 5.91 Å². The number of aryl methyl sites for hydroxylation is 1. The second kappa shape index (κ2) is 10.2. The molecule has 1 aromatic heterocycles. The molecule has 0 spiro atoms. The van der Waals surface area contributed by atoms with Crippen molar-refractivity contribution in [1.29, 1.82) is 0 Å². The summed E-state index contributed by atoms with van der Waals surface area (Å²) < 4.78 is 5.42. The van der Waals surface area contributed by atoms with Crippen molar-refractivity contribution in [1.82, 2.24) is 14.9 Å². The van der Waals surface area contributed by atoms with Crippen LogP contribution in [0.4, 0.5) is 11.5 Å². The lowest BCUT2D eigenvalue weighted by atomic mass is 10.1. The first-order valence-electron chi connectivity index (χ1n) is 11.4. The number of nitrogens with one attached hydrogen (secondary N) is 1. The van der Waals surface area contributed by atoms with Crippen molar-refractivity contribution < 1.29 is 9.53 Å². The van der Waals surface area contributed by atoms with Crippen LogP contribution in [-0.2, 0) is 11.3 Å². The van der Waals surface area contributed by atoms with E-state index in [0.29, 0.717) is 5.69 Å². The number of hydrogen-bond donors (Lipinski definition) is 1. The van der Waals surface area contributed by atoms with E-state index in [1.54, 1.807) is 0 Å². The largest absolute Gasteiger partial charge is 0.379 e. The number of aromatic nitrogens is 2. The molecule has 2 aliphatic rings. The van der Waals surface area contributed by atoms with Gasteiger partial charge < -0.3 is 15.0 Å². The zero-order valence-electron chi connectivity index (χ0n) is 18.6. The van der Waals surface area contributed by atoms with Crippen molar-refractivity contribution in [3.8, 4) is 0 Å². The van der Waals surface area contributed by atoms with Crippen molar-refractivity contribution in [2.75, 3.05) is 49.6 Å². The minimum Gasteiger partial charge on any atom is -0.379 e. The minimum atomic E-state index is -0.199. The molecule has 2 fully saturated rings. The molecule has 31 heavy (non-hydrogen) atoms. The fourth-order valence-electron chi connectivity index (χ4n) is 3.99. The maximum Gasteiger partial charge on any atom is 0.274 e. The maximum atomic E-state index is 12.9. The molecule has 7 heteroatoms. The molecule has 1 aliphatic carbocycles. The molecular formula is C24H33N5O2. The summed E-state index contributed by atoms with van der Waals surface area (Å²) >= 11 is 0. The Hall–Kier alpha value is -2.51.